The number of fused-ring (bicyclic) bond motifs is 2. The number of anilines is 1. The second-order valence-corrected chi connectivity index (χ2v) is 12.1. The normalized spacial score (nSPS) is 11.6. The summed E-state index contributed by atoms with van der Waals surface area (Å²) in [6.07, 6.45) is 1.71. The molecule has 0 spiro atoms. The molecule has 8 nitrogen and oxygen atoms in total. The minimum atomic E-state index is -0.264. The second-order valence-electron chi connectivity index (χ2n) is 12.1. The van der Waals surface area contributed by atoms with Crippen molar-refractivity contribution in [2.75, 3.05) is 11.9 Å². The van der Waals surface area contributed by atoms with Crippen LogP contribution >= 0.6 is 0 Å². The summed E-state index contributed by atoms with van der Waals surface area (Å²) in [5, 5.41) is 9.24. The summed E-state index contributed by atoms with van der Waals surface area (Å²) in [4.78, 5) is 32.2. The number of carbonyl (C=O) groups is 1. The van der Waals surface area contributed by atoms with Gasteiger partial charge in [0.25, 0.3) is 5.56 Å². The molecular weight excluding hydrogens is 586 g/mol. The van der Waals surface area contributed by atoms with Crippen LogP contribution in [0.1, 0.15) is 54.6 Å². The van der Waals surface area contributed by atoms with Gasteiger partial charge < -0.3 is 14.6 Å². The highest BCUT2D eigenvalue weighted by Crippen LogP contribution is 2.34. The number of aromatic nitrogens is 3. The lowest BCUT2D eigenvalue weighted by Crippen LogP contribution is -2.21. The van der Waals surface area contributed by atoms with E-state index in [4.69, 9.17) is 14.8 Å². The smallest absolute Gasteiger partial charge is 0.282 e. The van der Waals surface area contributed by atoms with Crippen molar-refractivity contribution in [3.63, 3.8) is 0 Å². The Morgan fingerprint density at radius 1 is 0.957 bits per heavy atom. The van der Waals surface area contributed by atoms with Crippen molar-refractivity contribution in [2.45, 2.75) is 54.0 Å². The first-order valence-electron chi connectivity index (χ1n) is 15.9. The number of ether oxygens (including phenoxy) is 1. The fourth-order valence-corrected chi connectivity index (χ4v) is 6.00. The zero-order valence-corrected chi connectivity index (χ0v) is 27.7. The van der Waals surface area contributed by atoms with Crippen LogP contribution in [0.4, 0.5) is 5.69 Å². The van der Waals surface area contributed by atoms with Crippen molar-refractivity contribution in [3.05, 3.63) is 123 Å². The van der Waals surface area contributed by atoms with Crippen LogP contribution in [0.2, 0.25) is 0 Å². The first kappa shape index (κ1) is 31.5. The Hall–Kier alpha value is -5.50. The van der Waals surface area contributed by atoms with Crippen LogP contribution in [-0.2, 0) is 11.3 Å². The largest absolute Gasteiger partial charge is 0.494 e. The Labute approximate surface area is 274 Å². The van der Waals surface area contributed by atoms with Gasteiger partial charge >= 0.3 is 0 Å². The third kappa shape index (κ3) is 6.19. The molecule has 0 aliphatic rings. The molecule has 6 aromatic rings. The molecule has 0 atom stereocenters. The van der Waals surface area contributed by atoms with Crippen molar-refractivity contribution >= 4 is 39.6 Å². The van der Waals surface area contributed by atoms with E-state index in [0.717, 1.165) is 55.9 Å². The van der Waals surface area contributed by atoms with Gasteiger partial charge in [-0.2, -0.15) is 9.78 Å². The molecule has 0 aliphatic carbocycles. The molecule has 0 fully saturated rings. The zero-order chi connectivity index (χ0) is 33.2. The first-order chi connectivity index (χ1) is 22.7. The van der Waals surface area contributed by atoms with Crippen LogP contribution in [0.5, 0.6) is 5.75 Å². The van der Waals surface area contributed by atoms with E-state index in [1.807, 2.05) is 105 Å². The number of amides is 1. The molecule has 0 saturated heterocycles. The Kier molecular flexibility index (Phi) is 8.76. The van der Waals surface area contributed by atoms with Gasteiger partial charge in [0.1, 0.15) is 12.3 Å². The molecule has 0 saturated carbocycles. The SMILES string of the molecule is CCOc1cc(C)c(-c2nc3ccccc3c(=O)n2N=Cc2c(C)n(CC(=O)Nc3ccc(C)cc3)c3ccccc23)cc1C(C)C. The van der Waals surface area contributed by atoms with E-state index in [1.54, 1.807) is 12.3 Å². The van der Waals surface area contributed by atoms with Gasteiger partial charge in [-0.1, -0.05) is 61.9 Å². The molecule has 47 heavy (non-hydrogen) atoms. The molecular formula is C39H39N5O3. The van der Waals surface area contributed by atoms with E-state index in [9.17, 15) is 9.59 Å². The fraction of sp³-hybridized carbons (Fsp3) is 0.231. The van der Waals surface area contributed by atoms with Crippen molar-refractivity contribution in [2.24, 2.45) is 5.10 Å². The molecule has 1 amide bonds. The summed E-state index contributed by atoms with van der Waals surface area (Å²) in [7, 11) is 0. The topological polar surface area (TPSA) is 90.5 Å². The molecule has 0 radical (unpaired) electrons. The van der Waals surface area contributed by atoms with E-state index < -0.39 is 0 Å². The summed E-state index contributed by atoms with van der Waals surface area (Å²) in [5.74, 6) is 1.34. The van der Waals surface area contributed by atoms with Gasteiger partial charge in [-0.15, -0.1) is 0 Å². The molecule has 4 aromatic carbocycles. The van der Waals surface area contributed by atoms with Gasteiger partial charge in [-0.25, -0.2) is 4.98 Å². The lowest BCUT2D eigenvalue weighted by atomic mass is 9.96. The highest BCUT2D eigenvalue weighted by Gasteiger charge is 2.20. The number of hydrogen-bond donors (Lipinski definition) is 1. The molecule has 6 rings (SSSR count). The fourth-order valence-electron chi connectivity index (χ4n) is 6.00. The van der Waals surface area contributed by atoms with E-state index >= 15 is 0 Å². The first-order valence-corrected chi connectivity index (χ1v) is 15.9. The van der Waals surface area contributed by atoms with Crippen LogP contribution in [0, 0.1) is 20.8 Å². The van der Waals surface area contributed by atoms with Crippen LogP contribution < -0.4 is 15.6 Å². The van der Waals surface area contributed by atoms with E-state index in [-0.39, 0.29) is 23.9 Å². The number of aryl methyl sites for hydroxylation is 2. The summed E-state index contributed by atoms with van der Waals surface area (Å²) in [5.41, 5.74) is 7.56. The molecule has 2 heterocycles. The Morgan fingerprint density at radius 3 is 2.38 bits per heavy atom. The minimum absolute atomic E-state index is 0.125. The maximum absolute atomic E-state index is 14.1. The standard InChI is InChI=1S/C39H39N5O3/c1-7-47-36-20-26(5)32(21-31(36)24(2)3)38-42-34-14-10-8-13-30(34)39(46)44(38)40-22-33-27(6)43(35-15-11-9-12-29(33)35)23-37(45)41-28-18-16-25(4)17-19-28/h8-22,24H,7,23H2,1-6H3,(H,41,45). The van der Waals surface area contributed by atoms with Crippen LogP contribution in [0.3, 0.4) is 0 Å². The average Bonchev–Trinajstić information content (AvgIpc) is 3.31. The molecule has 8 heteroatoms. The van der Waals surface area contributed by atoms with Crippen molar-refractivity contribution in [1.29, 1.82) is 0 Å². The van der Waals surface area contributed by atoms with E-state index in [1.165, 1.54) is 4.68 Å². The van der Waals surface area contributed by atoms with Crippen molar-refractivity contribution < 1.29 is 9.53 Å². The van der Waals surface area contributed by atoms with Gasteiger partial charge in [0.2, 0.25) is 5.91 Å². The second kappa shape index (κ2) is 13.1. The molecule has 1 N–H and O–H groups in total. The lowest BCUT2D eigenvalue weighted by molar-refractivity contribution is -0.116. The average molecular weight is 626 g/mol. The third-order valence-electron chi connectivity index (χ3n) is 8.49. The number of para-hydroxylation sites is 2. The van der Waals surface area contributed by atoms with Crippen molar-refractivity contribution in [1.82, 2.24) is 14.2 Å². The number of hydrogen-bond acceptors (Lipinski definition) is 5. The summed E-state index contributed by atoms with van der Waals surface area (Å²) >= 11 is 0. The summed E-state index contributed by atoms with van der Waals surface area (Å²) in [6.45, 7) is 12.9. The van der Waals surface area contributed by atoms with E-state index in [2.05, 4.69) is 25.2 Å². The Bertz CT molecular complexity index is 2210. The number of nitrogens with one attached hydrogen (secondary N) is 1. The number of benzene rings is 4. The van der Waals surface area contributed by atoms with Gasteiger partial charge in [-0.3, -0.25) is 9.59 Å². The summed E-state index contributed by atoms with van der Waals surface area (Å²) < 4.78 is 9.35. The number of rotatable bonds is 9. The molecule has 0 bridgehead atoms. The summed E-state index contributed by atoms with van der Waals surface area (Å²) in [6, 6.07) is 27.1. The Balaban J connectivity index is 1.47. The molecule has 238 valence electrons. The van der Waals surface area contributed by atoms with E-state index in [0.29, 0.717) is 23.3 Å². The molecule has 2 aromatic heterocycles. The zero-order valence-electron chi connectivity index (χ0n) is 27.7. The highest BCUT2D eigenvalue weighted by molar-refractivity contribution is 6.02. The molecule has 0 unspecified atom stereocenters. The maximum atomic E-state index is 14.1. The number of carbonyl (C=O) groups excluding carboxylic acids is 1. The van der Waals surface area contributed by atoms with Crippen LogP contribution in [-0.4, -0.2) is 33.0 Å². The Morgan fingerprint density at radius 2 is 1.66 bits per heavy atom. The number of nitrogens with zero attached hydrogens (tertiary/aromatic N) is 4. The predicted octanol–water partition coefficient (Wildman–Crippen LogP) is 7.99. The van der Waals surface area contributed by atoms with Crippen LogP contribution in [0.15, 0.2) is 94.8 Å². The van der Waals surface area contributed by atoms with Gasteiger partial charge in [0.05, 0.1) is 23.7 Å². The monoisotopic (exact) mass is 625 g/mol. The van der Waals surface area contributed by atoms with Gasteiger partial charge in [0, 0.05) is 33.4 Å². The van der Waals surface area contributed by atoms with Gasteiger partial charge in [-0.05, 0) is 87.2 Å². The molecule has 0 aliphatic heterocycles. The quantitative estimate of drug-likeness (QED) is 0.165. The third-order valence-corrected chi connectivity index (χ3v) is 8.49. The van der Waals surface area contributed by atoms with Gasteiger partial charge in [0.15, 0.2) is 5.82 Å². The lowest BCUT2D eigenvalue weighted by Gasteiger charge is -2.18. The minimum Gasteiger partial charge on any atom is -0.494 e. The predicted molar refractivity (Wildman–Crippen MR) is 191 cm³/mol. The highest BCUT2D eigenvalue weighted by atomic mass is 16.5. The van der Waals surface area contributed by atoms with Crippen LogP contribution in [0.25, 0.3) is 33.2 Å². The van der Waals surface area contributed by atoms with Crippen molar-refractivity contribution in [3.8, 4) is 17.1 Å². The maximum Gasteiger partial charge on any atom is 0.282 e.